The molecule has 1 aromatic heterocycles. The number of anilines is 4. The first-order chi connectivity index (χ1) is 12.2. The van der Waals surface area contributed by atoms with Gasteiger partial charge in [0.05, 0.1) is 18.4 Å². The number of ether oxygens (including phenoxy) is 1. The molecular weight excluding hydrogens is 314 g/mol. The van der Waals surface area contributed by atoms with Crippen molar-refractivity contribution in [1.29, 1.82) is 5.26 Å². The second-order valence-corrected chi connectivity index (χ2v) is 5.35. The van der Waals surface area contributed by atoms with E-state index in [1.165, 1.54) is 0 Å². The van der Waals surface area contributed by atoms with Gasteiger partial charge in [0.2, 0.25) is 5.95 Å². The third-order valence-corrected chi connectivity index (χ3v) is 3.51. The van der Waals surface area contributed by atoms with Crippen LogP contribution in [0, 0.1) is 18.3 Å². The van der Waals surface area contributed by atoms with Crippen molar-refractivity contribution < 1.29 is 4.74 Å². The van der Waals surface area contributed by atoms with E-state index in [1.807, 2.05) is 55.5 Å². The van der Waals surface area contributed by atoms with Crippen LogP contribution in [0.3, 0.4) is 0 Å². The zero-order valence-electron chi connectivity index (χ0n) is 13.9. The van der Waals surface area contributed by atoms with E-state index in [2.05, 4.69) is 26.7 Å². The summed E-state index contributed by atoms with van der Waals surface area (Å²) in [4.78, 5) is 8.87. The van der Waals surface area contributed by atoms with Crippen molar-refractivity contribution in [2.75, 3.05) is 17.7 Å². The highest BCUT2D eigenvalue weighted by molar-refractivity contribution is 5.65. The van der Waals surface area contributed by atoms with E-state index in [-0.39, 0.29) is 0 Å². The summed E-state index contributed by atoms with van der Waals surface area (Å²) in [5, 5.41) is 15.5. The van der Waals surface area contributed by atoms with Crippen molar-refractivity contribution in [3.8, 4) is 11.8 Å². The van der Waals surface area contributed by atoms with Gasteiger partial charge >= 0.3 is 0 Å². The van der Waals surface area contributed by atoms with Gasteiger partial charge in [0, 0.05) is 17.4 Å². The molecule has 0 aliphatic carbocycles. The molecule has 6 heteroatoms. The quantitative estimate of drug-likeness (QED) is 0.730. The lowest BCUT2D eigenvalue weighted by Gasteiger charge is -2.11. The van der Waals surface area contributed by atoms with E-state index in [9.17, 15) is 5.26 Å². The predicted molar refractivity (Wildman–Crippen MR) is 97.5 cm³/mol. The van der Waals surface area contributed by atoms with Crippen LogP contribution >= 0.6 is 0 Å². The fourth-order valence-corrected chi connectivity index (χ4v) is 2.32. The number of nitriles is 1. The summed E-state index contributed by atoms with van der Waals surface area (Å²) in [6, 6.07) is 18.8. The van der Waals surface area contributed by atoms with Gasteiger partial charge in [0.1, 0.15) is 17.6 Å². The Hall–Kier alpha value is -3.59. The summed E-state index contributed by atoms with van der Waals surface area (Å²) in [7, 11) is 1.63. The van der Waals surface area contributed by atoms with Crippen molar-refractivity contribution in [2.24, 2.45) is 0 Å². The number of benzene rings is 2. The molecule has 25 heavy (non-hydrogen) atoms. The van der Waals surface area contributed by atoms with Crippen LogP contribution in [0.1, 0.15) is 11.3 Å². The largest absolute Gasteiger partial charge is 0.497 e. The highest BCUT2D eigenvalue weighted by atomic mass is 16.5. The first kappa shape index (κ1) is 16.3. The fourth-order valence-electron chi connectivity index (χ4n) is 2.32. The number of aryl methyl sites for hydroxylation is 1. The van der Waals surface area contributed by atoms with E-state index < -0.39 is 0 Å². The summed E-state index contributed by atoms with van der Waals surface area (Å²) in [5.74, 6) is 1.87. The van der Waals surface area contributed by atoms with Crippen molar-refractivity contribution >= 4 is 23.1 Å². The topological polar surface area (TPSA) is 82.9 Å². The molecule has 2 aromatic carbocycles. The van der Waals surface area contributed by atoms with Crippen LogP contribution in [0.2, 0.25) is 0 Å². The van der Waals surface area contributed by atoms with Crippen LogP contribution in [-0.4, -0.2) is 17.1 Å². The number of rotatable bonds is 5. The van der Waals surface area contributed by atoms with Crippen LogP contribution in [-0.2, 0) is 0 Å². The monoisotopic (exact) mass is 331 g/mol. The summed E-state index contributed by atoms with van der Waals surface area (Å²) >= 11 is 0. The number of hydrogen-bond donors (Lipinski definition) is 2. The van der Waals surface area contributed by atoms with Crippen molar-refractivity contribution in [3.05, 3.63) is 65.9 Å². The zero-order valence-corrected chi connectivity index (χ0v) is 13.9. The van der Waals surface area contributed by atoms with Crippen molar-refractivity contribution in [1.82, 2.24) is 9.97 Å². The average Bonchev–Trinajstić information content (AvgIpc) is 2.62. The van der Waals surface area contributed by atoms with Gasteiger partial charge in [-0.15, -0.1) is 0 Å². The van der Waals surface area contributed by atoms with Crippen LogP contribution in [0.5, 0.6) is 5.75 Å². The molecule has 0 unspecified atom stereocenters. The highest BCUT2D eigenvalue weighted by Crippen LogP contribution is 2.22. The second-order valence-electron chi connectivity index (χ2n) is 5.35. The lowest BCUT2D eigenvalue weighted by atomic mass is 10.2. The van der Waals surface area contributed by atoms with E-state index in [1.54, 1.807) is 13.2 Å². The lowest BCUT2D eigenvalue weighted by Crippen LogP contribution is -2.03. The molecule has 2 N–H and O–H groups in total. The molecule has 124 valence electrons. The van der Waals surface area contributed by atoms with E-state index in [4.69, 9.17) is 4.74 Å². The Morgan fingerprint density at radius 2 is 1.76 bits per heavy atom. The fraction of sp³-hybridized carbons (Fsp3) is 0.105. The van der Waals surface area contributed by atoms with Crippen LogP contribution in [0.25, 0.3) is 0 Å². The molecular formula is C19H17N5O. The molecule has 0 atom stereocenters. The average molecular weight is 331 g/mol. The minimum atomic E-state index is 0.474. The molecule has 3 rings (SSSR count). The zero-order chi connectivity index (χ0) is 17.6. The Morgan fingerprint density at radius 1 is 1.00 bits per heavy atom. The van der Waals surface area contributed by atoms with E-state index in [0.717, 1.165) is 17.1 Å². The van der Waals surface area contributed by atoms with Crippen molar-refractivity contribution in [3.63, 3.8) is 0 Å². The predicted octanol–water partition coefficient (Wildman–Crippen LogP) is 4.15. The second kappa shape index (κ2) is 7.32. The molecule has 0 saturated heterocycles. The molecule has 6 nitrogen and oxygen atoms in total. The third-order valence-electron chi connectivity index (χ3n) is 3.51. The number of aromatic nitrogens is 2. The molecule has 0 amide bonds. The molecule has 0 aliphatic heterocycles. The highest BCUT2D eigenvalue weighted by Gasteiger charge is 2.06. The smallest absolute Gasteiger partial charge is 0.229 e. The van der Waals surface area contributed by atoms with Crippen LogP contribution in [0.4, 0.5) is 23.1 Å². The number of para-hydroxylation sites is 1. The maximum absolute atomic E-state index is 9.20. The Bertz CT molecular complexity index is 916. The Labute approximate surface area is 146 Å². The summed E-state index contributed by atoms with van der Waals surface area (Å²) in [5.41, 5.74) is 2.93. The van der Waals surface area contributed by atoms with Gasteiger partial charge < -0.3 is 15.4 Å². The molecule has 0 fully saturated rings. The lowest BCUT2D eigenvalue weighted by molar-refractivity contribution is 0.415. The number of hydrogen-bond acceptors (Lipinski definition) is 6. The van der Waals surface area contributed by atoms with Gasteiger partial charge in [-0.1, -0.05) is 12.1 Å². The summed E-state index contributed by atoms with van der Waals surface area (Å²) < 4.78 is 5.15. The maximum Gasteiger partial charge on any atom is 0.229 e. The molecule has 3 aromatic rings. The Balaban J connectivity index is 1.83. The third kappa shape index (κ3) is 4.03. The first-order valence-corrected chi connectivity index (χ1v) is 7.71. The minimum absolute atomic E-state index is 0.474. The molecule has 0 spiro atoms. The van der Waals surface area contributed by atoms with Gasteiger partial charge in [0.15, 0.2) is 0 Å². The maximum atomic E-state index is 9.20. The van der Waals surface area contributed by atoms with Gasteiger partial charge in [-0.05, 0) is 43.3 Å². The minimum Gasteiger partial charge on any atom is -0.497 e. The summed E-state index contributed by atoms with van der Waals surface area (Å²) in [6.45, 7) is 1.89. The summed E-state index contributed by atoms with van der Waals surface area (Å²) in [6.07, 6.45) is 0. The van der Waals surface area contributed by atoms with Crippen molar-refractivity contribution in [2.45, 2.75) is 6.92 Å². The number of methoxy groups -OCH3 is 1. The Kier molecular flexibility index (Phi) is 4.77. The standard InChI is InChI=1S/C19H17N5O/c1-13-11-18(23-17-6-4-3-5-14(17)12-20)24-19(21-13)22-15-7-9-16(25-2)10-8-15/h3-11H,1-2H3,(H2,21,22,23,24). The van der Waals surface area contributed by atoms with Gasteiger partial charge in [0.25, 0.3) is 0 Å². The number of nitrogens with one attached hydrogen (secondary N) is 2. The van der Waals surface area contributed by atoms with Gasteiger partial charge in [-0.2, -0.15) is 10.2 Å². The van der Waals surface area contributed by atoms with Crippen LogP contribution < -0.4 is 15.4 Å². The Morgan fingerprint density at radius 3 is 2.48 bits per heavy atom. The molecule has 0 bridgehead atoms. The molecule has 0 saturated carbocycles. The van der Waals surface area contributed by atoms with Gasteiger partial charge in [-0.3, -0.25) is 0 Å². The molecule has 0 aliphatic rings. The van der Waals surface area contributed by atoms with E-state index in [0.29, 0.717) is 23.0 Å². The molecule has 1 heterocycles. The van der Waals surface area contributed by atoms with E-state index >= 15 is 0 Å². The molecule has 0 radical (unpaired) electrons. The normalized spacial score (nSPS) is 9.96. The van der Waals surface area contributed by atoms with Crippen LogP contribution in [0.15, 0.2) is 54.6 Å². The number of nitrogens with zero attached hydrogens (tertiary/aromatic N) is 3. The van der Waals surface area contributed by atoms with Gasteiger partial charge in [-0.25, -0.2) is 4.98 Å². The first-order valence-electron chi connectivity index (χ1n) is 7.71. The SMILES string of the molecule is COc1ccc(Nc2nc(C)cc(Nc3ccccc3C#N)n2)cc1.